The van der Waals surface area contributed by atoms with Crippen molar-refractivity contribution in [1.29, 1.82) is 0 Å². The zero-order valence-electron chi connectivity index (χ0n) is 15.1. The molecule has 1 aromatic heterocycles. The largest absolute Gasteiger partial charge is 0.456 e. The van der Waals surface area contributed by atoms with Crippen LogP contribution in [0.1, 0.15) is 34.7 Å². The molecule has 1 aliphatic rings. The average molecular weight is 376 g/mol. The Balaban J connectivity index is 1.60. The molecule has 1 amide bonds. The van der Waals surface area contributed by atoms with Crippen molar-refractivity contribution >= 4 is 15.9 Å². The van der Waals surface area contributed by atoms with Crippen LogP contribution >= 0.6 is 0 Å². The van der Waals surface area contributed by atoms with E-state index in [4.69, 9.17) is 4.42 Å². The first-order valence-electron chi connectivity index (χ1n) is 8.77. The van der Waals surface area contributed by atoms with E-state index in [9.17, 15) is 13.2 Å². The minimum absolute atomic E-state index is 0.0870. The summed E-state index contributed by atoms with van der Waals surface area (Å²) in [5.41, 5.74) is 1.01. The fourth-order valence-corrected chi connectivity index (χ4v) is 4.27. The maximum Gasteiger partial charge on any atom is 0.289 e. The van der Waals surface area contributed by atoms with Gasteiger partial charge in [-0.25, -0.2) is 13.1 Å². The first-order chi connectivity index (χ1) is 12.3. The Morgan fingerprint density at radius 2 is 1.92 bits per heavy atom. The summed E-state index contributed by atoms with van der Waals surface area (Å²) in [4.78, 5) is 14.5. The molecule has 0 spiro atoms. The zero-order chi connectivity index (χ0) is 18.7. The quantitative estimate of drug-likeness (QED) is 0.870. The van der Waals surface area contributed by atoms with Gasteiger partial charge in [-0.1, -0.05) is 17.7 Å². The van der Waals surface area contributed by atoms with E-state index in [1.165, 1.54) is 0 Å². The highest BCUT2D eigenvalue weighted by atomic mass is 32.2. The molecule has 0 saturated carbocycles. The molecule has 1 unspecified atom stereocenters. The number of carbonyl (C=O) groups is 1. The summed E-state index contributed by atoms with van der Waals surface area (Å²) >= 11 is 0. The lowest BCUT2D eigenvalue weighted by Crippen LogP contribution is -2.43. The van der Waals surface area contributed by atoms with E-state index in [0.717, 1.165) is 18.4 Å². The number of nitrogens with zero attached hydrogens (tertiary/aromatic N) is 1. The van der Waals surface area contributed by atoms with Crippen LogP contribution in [0.5, 0.6) is 0 Å². The van der Waals surface area contributed by atoms with Crippen LogP contribution in [0.3, 0.4) is 0 Å². The van der Waals surface area contributed by atoms with Gasteiger partial charge in [-0.15, -0.1) is 0 Å². The number of amides is 1. The van der Waals surface area contributed by atoms with E-state index < -0.39 is 10.0 Å². The van der Waals surface area contributed by atoms with Gasteiger partial charge >= 0.3 is 0 Å². The molecule has 7 heteroatoms. The first-order valence-corrected chi connectivity index (χ1v) is 10.3. The van der Waals surface area contributed by atoms with E-state index in [2.05, 4.69) is 4.72 Å². The second kappa shape index (κ2) is 7.63. The SMILES string of the molecule is Cc1ccc(S(=O)(=O)NCC2CCCN(C(=O)c3ccc(C)o3)C2)cc1. The molecular formula is C19H24N2O4S. The maximum absolute atomic E-state index is 12.5. The van der Waals surface area contributed by atoms with E-state index in [0.29, 0.717) is 31.2 Å². The summed E-state index contributed by atoms with van der Waals surface area (Å²) in [5.74, 6) is 0.990. The minimum atomic E-state index is -3.53. The van der Waals surface area contributed by atoms with Crippen molar-refractivity contribution in [2.45, 2.75) is 31.6 Å². The predicted octanol–water partition coefficient (Wildman–Crippen LogP) is 2.73. The summed E-state index contributed by atoms with van der Waals surface area (Å²) in [5, 5.41) is 0. The lowest BCUT2D eigenvalue weighted by atomic mass is 9.98. The van der Waals surface area contributed by atoms with Crippen molar-refractivity contribution in [2.24, 2.45) is 5.92 Å². The van der Waals surface area contributed by atoms with Gasteiger partial charge in [0, 0.05) is 19.6 Å². The van der Waals surface area contributed by atoms with Crippen molar-refractivity contribution in [2.75, 3.05) is 19.6 Å². The number of furan rings is 1. The lowest BCUT2D eigenvalue weighted by molar-refractivity contribution is 0.0643. The fraction of sp³-hybridized carbons (Fsp3) is 0.421. The van der Waals surface area contributed by atoms with Crippen LogP contribution in [0, 0.1) is 19.8 Å². The van der Waals surface area contributed by atoms with Crippen LogP contribution in [0.4, 0.5) is 0 Å². The number of benzene rings is 1. The van der Waals surface area contributed by atoms with E-state index >= 15 is 0 Å². The third-order valence-electron chi connectivity index (χ3n) is 4.65. The molecule has 1 aliphatic heterocycles. The molecule has 1 aromatic carbocycles. The normalized spacial score (nSPS) is 18.1. The highest BCUT2D eigenvalue weighted by Gasteiger charge is 2.27. The molecule has 0 bridgehead atoms. The van der Waals surface area contributed by atoms with Crippen molar-refractivity contribution < 1.29 is 17.6 Å². The molecule has 6 nitrogen and oxygen atoms in total. The Labute approximate surface area is 154 Å². The van der Waals surface area contributed by atoms with Crippen LogP contribution in [0.25, 0.3) is 0 Å². The van der Waals surface area contributed by atoms with E-state index in [1.54, 1.807) is 48.2 Å². The van der Waals surface area contributed by atoms with Crippen LogP contribution in [0.15, 0.2) is 45.7 Å². The summed E-state index contributed by atoms with van der Waals surface area (Å²) < 4.78 is 32.9. The number of likely N-dealkylation sites (tertiary alicyclic amines) is 1. The first kappa shape index (κ1) is 18.7. The molecular weight excluding hydrogens is 352 g/mol. The van der Waals surface area contributed by atoms with E-state index in [1.807, 2.05) is 6.92 Å². The zero-order valence-corrected chi connectivity index (χ0v) is 15.9. The lowest BCUT2D eigenvalue weighted by Gasteiger charge is -2.32. The van der Waals surface area contributed by atoms with Crippen molar-refractivity contribution in [3.63, 3.8) is 0 Å². The number of hydrogen-bond donors (Lipinski definition) is 1. The van der Waals surface area contributed by atoms with Gasteiger partial charge in [0.05, 0.1) is 4.90 Å². The van der Waals surface area contributed by atoms with E-state index in [-0.39, 0.29) is 16.7 Å². The van der Waals surface area contributed by atoms with Gasteiger partial charge in [-0.3, -0.25) is 4.79 Å². The Kier molecular flexibility index (Phi) is 5.48. The molecule has 1 atom stereocenters. The Hall–Kier alpha value is -2.12. The maximum atomic E-state index is 12.5. The Morgan fingerprint density at radius 3 is 2.58 bits per heavy atom. The molecule has 1 N–H and O–H groups in total. The monoisotopic (exact) mass is 376 g/mol. The number of hydrogen-bond acceptors (Lipinski definition) is 4. The molecule has 2 heterocycles. The molecule has 2 aromatic rings. The summed E-state index contributed by atoms with van der Waals surface area (Å²) in [7, 11) is -3.53. The molecule has 0 aliphatic carbocycles. The second-order valence-electron chi connectivity index (χ2n) is 6.83. The average Bonchev–Trinajstić information content (AvgIpc) is 3.06. The third-order valence-corrected chi connectivity index (χ3v) is 6.09. The number of nitrogens with one attached hydrogen (secondary N) is 1. The Bertz CT molecular complexity index is 871. The highest BCUT2D eigenvalue weighted by molar-refractivity contribution is 7.89. The number of piperidine rings is 1. The fourth-order valence-electron chi connectivity index (χ4n) is 3.15. The van der Waals surface area contributed by atoms with Crippen molar-refractivity contribution in [3.8, 4) is 0 Å². The van der Waals surface area contributed by atoms with Gasteiger partial charge in [-0.05, 0) is 56.9 Å². The summed E-state index contributed by atoms with van der Waals surface area (Å²) in [6.07, 6.45) is 1.74. The van der Waals surface area contributed by atoms with Gasteiger partial charge in [0.2, 0.25) is 10.0 Å². The molecule has 140 valence electrons. The summed E-state index contributed by atoms with van der Waals surface area (Å²) in [6.45, 7) is 5.22. The van der Waals surface area contributed by atoms with Crippen LogP contribution in [-0.4, -0.2) is 38.9 Å². The smallest absolute Gasteiger partial charge is 0.289 e. The number of sulfonamides is 1. The van der Waals surface area contributed by atoms with Crippen molar-refractivity contribution in [1.82, 2.24) is 9.62 Å². The molecule has 1 fully saturated rings. The van der Waals surface area contributed by atoms with Crippen molar-refractivity contribution in [3.05, 3.63) is 53.5 Å². The van der Waals surface area contributed by atoms with Gasteiger partial charge in [0.25, 0.3) is 5.91 Å². The highest BCUT2D eigenvalue weighted by Crippen LogP contribution is 2.20. The second-order valence-corrected chi connectivity index (χ2v) is 8.60. The Morgan fingerprint density at radius 1 is 1.19 bits per heavy atom. The van der Waals surface area contributed by atoms with Gasteiger partial charge in [0.15, 0.2) is 5.76 Å². The molecule has 26 heavy (non-hydrogen) atoms. The van der Waals surface area contributed by atoms with Crippen LogP contribution < -0.4 is 4.72 Å². The third kappa shape index (κ3) is 4.34. The van der Waals surface area contributed by atoms with Crippen LogP contribution in [0.2, 0.25) is 0 Å². The summed E-state index contributed by atoms with van der Waals surface area (Å²) in [6, 6.07) is 10.2. The van der Waals surface area contributed by atoms with Gasteiger partial charge in [-0.2, -0.15) is 0 Å². The molecule has 3 rings (SSSR count). The minimum Gasteiger partial charge on any atom is -0.456 e. The van der Waals surface area contributed by atoms with Gasteiger partial charge in [0.1, 0.15) is 5.76 Å². The standard InChI is InChI=1S/C19H24N2O4S/c1-14-5-8-17(9-6-14)26(23,24)20-12-16-4-3-11-21(13-16)19(22)18-10-7-15(2)25-18/h5-10,16,20H,3-4,11-13H2,1-2H3. The number of rotatable bonds is 5. The molecule has 1 saturated heterocycles. The number of aryl methyl sites for hydroxylation is 2. The van der Waals surface area contributed by atoms with Gasteiger partial charge < -0.3 is 9.32 Å². The topological polar surface area (TPSA) is 79.6 Å². The number of carbonyl (C=O) groups excluding carboxylic acids is 1. The predicted molar refractivity (Wildman–Crippen MR) is 98.4 cm³/mol. The van der Waals surface area contributed by atoms with Crippen LogP contribution in [-0.2, 0) is 10.0 Å². The molecule has 0 radical (unpaired) electrons.